The highest BCUT2D eigenvalue weighted by molar-refractivity contribution is 14.1. The Hall–Kier alpha value is -2.86. The lowest BCUT2D eigenvalue weighted by atomic mass is 10.1. The summed E-state index contributed by atoms with van der Waals surface area (Å²) in [7, 11) is 1.58. The second-order valence-corrected chi connectivity index (χ2v) is 6.48. The van der Waals surface area contributed by atoms with Crippen molar-refractivity contribution in [1.29, 1.82) is 5.26 Å². The van der Waals surface area contributed by atoms with E-state index >= 15 is 0 Å². The van der Waals surface area contributed by atoms with Gasteiger partial charge in [-0.1, -0.05) is 6.07 Å². The molecule has 0 unspecified atom stereocenters. The molecule has 1 amide bonds. The van der Waals surface area contributed by atoms with Crippen molar-refractivity contribution in [3.8, 4) is 11.8 Å². The van der Waals surface area contributed by atoms with Crippen molar-refractivity contribution < 1.29 is 19.1 Å². The van der Waals surface area contributed by atoms with Gasteiger partial charge in [0.2, 0.25) is 0 Å². The van der Waals surface area contributed by atoms with Gasteiger partial charge in [-0.3, -0.25) is 4.79 Å². The van der Waals surface area contributed by atoms with Crippen LogP contribution in [0.4, 0.5) is 5.69 Å². The summed E-state index contributed by atoms with van der Waals surface area (Å²) < 4.78 is 11.0. The third-order valence-electron chi connectivity index (χ3n) is 3.51. The second-order valence-electron chi connectivity index (χ2n) is 5.32. The van der Waals surface area contributed by atoms with Gasteiger partial charge in [-0.05, 0) is 77.6 Å². The Morgan fingerprint density at radius 3 is 2.48 bits per heavy atom. The maximum Gasteiger partial charge on any atom is 0.338 e. The second kappa shape index (κ2) is 9.73. The van der Waals surface area contributed by atoms with E-state index in [1.54, 1.807) is 50.4 Å². The molecule has 2 aromatic rings. The summed E-state index contributed by atoms with van der Waals surface area (Å²) in [4.78, 5) is 24.0. The lowest BCUT2D eigenvalue weighted by molar-refractivity contribution is -0.112. The molecule has 2 aromatic carbocycles. The average Bonchev–Trinajstić information content (AvgIpc) is 2.67. The van der Waals surface area contributed by atoms with Gasteiger partial charge in [-0.25, -0.2) is 4.79 Å². The zero-order chi connectivity index (χ0) is 19.8. The molecule has 0 spiro atoms. The predicted molar refractivity (Wildman–Crippen MR) is 110 cm³/mol. The number of benzene rings is 2. The van der Waals surface area contributed by atoms with E-state index < -0.39 is 11.9 Å². The number of amides is 1. The number of hydrogen-bond donors (Lipinski definition) is 1. The van der Waals surface area contributed by atoms with Crippen molar-refractivity contribution in [2.45, 2.75) is 6.92 Å². The molecule has 0 radical (unpaired) electrons. The summed E-state index contributed by atoms with van der Waals surface area (Å²) in [5.74, 6) is -0.244. The standard InChI is InChI=1S/C20H17IN2O4/c1-3-27-20(25)14-5-7-16(8-6-14)23-19(24)15(12-22)10-13-4-9-18(26-2)17(21)11-13/h4-11H,3H2,1-2H3,(H,23,24)/b15-10+. The maximum absolute atomic E-state index is 12.4. The number of methoxy groups -OCH3 is 1. The lowest BCUT2D eigenvalue weighted by Gasteiger charge is -2.07. The molecule has 0 aromatic heterocycles. The minimum Gasteiger partial charge on any atom is -0.496 e. The largest absolute Gasteiger partial charge is 0.496 e. The minimum atomic E-state index is -0.535. The molecular weight excluding hydrogens is 459 g/mol. The van der Waals surface area contributed by atoms with Crippen LogP contribution in [0, 0.1) is 14.9 Å². The monoisotopic (exact) mass is 476 g/mol. The molecule has 0 aliphatic heterocycles. The molecule has 0 saturated carbocycles. The molecule has 0 heterocycles. The number of carbonyl (C=O) groups excluding carboxylic acids is 2. The van der Waals surface area contributed by atoms with Crippen LogP contribution < -0.4 is 10.1 Å². The first-order valence-corrected chi connectivity index (χ1v) is 9.10. The van der Waals surface area contributed by atoms with Crippen molar-refractivity contribution in [3.63, 3.8) is 0 Å². The van der Waals surface area contributed by atoms with Crippen LogP contribution in [-0.4, -0.2) is 25.6 Å². The first-order valence-electron chi connectivity index (χ1n) is 8.02. The molecule has 7 heteroatoms. The summed E-state index contributed by atoms with van der Waals surface area (Å²) in [6.07, 6.45) is 1.50. The maximum atomic E-state index is 12.4. The van der Waals surface area contributed by atoms with E-state index in [4.69, 9.17) is 9.47 Å². The highest BCUT2D eigenvalue weighted by atomic mass is 127. The normalized spacial score (nSPS) is 10.7. The van der Waals surface area contributed by atoms with E-state index in [2.05, 4.69) is 27.9 Å². The number of anilines is 1. The number of nitrogens with zero attached hydrogens (tertiary/aromatic N) is 1. The van der Waals surface area contributed by atoms with Crippen molar-refractivity contribution in [3.05, 3.63) is 62.7 Å². The molecule has 1 N–H and O–H groups in total. The van der Waals surface area contributed by atoms with Crippen LogP contribution >= 0.6 is 22.6 Å². The van der Waals surface area contributed by atoms with E-state index in [0.29, 0.717) is 16.8 Å². The topological polar surface area (TPSA) is 88.4 Å². The van der Waals surface area contributed by atoms with Crippen LogP contribution in [0.1, 0.15) is 22.8 Å². The highest BCUT2D eigenvalue weighted by Crippen LogP contribution is 2.23. The molecule has 138 valence electrons. The summed E-state index contributed by atoms with van der Waals surface area (Å²) in [5.41, 5.74) is 1.53. The van der Waals surface area contributed by atoms with Gasteiger partial charge >= 0.3 is 5.97 Å². The molecule has 0 saturated heterocycles. The van der Waals surface area contributed by atoms with E-state index in [1.165, 1.54) is 6.08 Å². The third-order valence-corrected chi connectivity index (χ3v) is 4.35. The van der Waals surface area contributed by atoms with Crippen molar-refractivity contribution >= 4 is 46.2 Å². The van der Waals surface area contributed by atoms with Crippen molar-refractivity contribution in [2.75, 3.05) is 19.0 Å². The minimum absolute atomic E-state index is 0.0366. The number of hydrogen-bond acceptors (Lipinski definition) is 5. The van der Waals surface area contributed by atoms with Crippen molar-refractivity contribution in [1.82, 2.24) is 0 Å². The average molecular weight is 476 g/mol. The Bertz CT molecular complexity index is 915. The van der Waals surface area contributed by atoms with E-state index in [1.807, 2.05) is 12.1 Å². The number of halogens is 1. The van der Waals surface area contributed by atoms with Gasteiger partial charge in [0.15, 0.2) is 0 Å². The molecule has 27 heavy (non-hydrogen) atoms. The van der Waals surface area contributed by atoms with Crippen LogP contribution in [0.2, 0.25) is 0 Å². The van der Waals surface area contributed by atoms with Crippen LogP contribution in [0.5, 0.6) is 5.75 Å². The van der Waals surface area contributed by atoms with Gasteiger partial charge in [0, 0.05) is 5.69 Å². The quantitative estimate of drug-likeness (QED) is 0.295. The molecule has 6 nitrogen and oxygen atoms in total. The highest BCUT2D eigenvalue weighted by Gasteiger charge is 2.11. The predicted octanol–water partition coefficient (Wildman–Crippen LogP) is 4.02. The molecule has 0 bridgehead atoms. The van der Waals surface area contributed by atoms with Crippen LogP contribution in [0.15, 0.2) is 48.0 Å². The van der Waals surface area contributed by atoms with Gasteiger partial charge < -0.3 is 14.8 Å². The summed E-state index contributed by atoms with van der Waals surface area (Å²) >= 11 is 2.12. The third kappa shape index (κ3) is 5.56. The van der Waals surface area contributed by atoms with E-state index in [0.717, 1.165) is 9.32 Å². The molecule has 0 aliphatic rings. The SMILES string of the molecule is CCOC(=O)c1ccc(NC(=O)/C(C#N)=C/c2ccc(OC)c(I)c2)cc1. The van der Waals surface area contributed by atoms with Gasteiger partial charge in [0.25, 0.3) is 5.91 Å². The van der Waals surface area contributed by atoms with Gasteiger partial charge in [0.1, 0.15) is 17.4 Å². The van der Waals surface area contributed by atoms with Gasteiger partial charge in [-0.2, -0.15) is 5.26 Å². The Labute approximate surface area is 170 Å². The van der Waals surface area contributed by atoms with Gasteiger partial charge in [0.05, 0.1) is 22.9 Å². The first kappa shape index (κ1) is 20.5. The van der Waals surface area contributed by atoms with Crippen LogP contribution in [0.3, 0.4) is 0 Å². The molecule has 0 fully saturated rings. The Balaban J connectivity index is 2.14. The fraction of sp³-hybridized carbons (Fsp3) is 0.150. The number of rotatable bonds is 6. The molecular formula is C20H17IN2O4. The Morgan fingerprint density at radius 2 is 1.93 bits per heavy atom. The molecule has 2 rings (SSSR count). The Kier molecular flexibility index (Phi) is 7.37. The number of nitriles is 1. The summed E-state index contributed by atoms with van der Waals surface area (Å²) in [5, 5.41) is 12.0. The van der Waals surface area contributed by atoms with E-state index in [9.17, 15) is 14.9 Å². The van der Waals surface area contributed by atoms with Crippen molar-refractivity contribution in [2.24, 2.45) is 0 Å². The zero-order valence-electron chi connectivity index (χ0n) is 14.8. The summed E-state index contributed by atoms with van der Waals surface area (Å²) in [6, 6.07) is 13.5. The molecule has 0 aliphatic carbocycles. The number of nitrogens with one attached hydrogen (secondary N) is 1. The molecule has 0 atom stereocenters. The Morgan fingerprint density at radius 1 is 1.22 bits per heavy atom. The fourth-order valence-electron chi connectivity index (χ4n) is 2.19. The lowest BCUT2D eigenvalue weighted by Crippen LogP contribution is -2.13. The van der Waals surface area contributed by atoms with E-state index in [-0.39, 0.29) is 12.2 Å². The van der Waals surface area contributed by atoms with Crippen LogP contribution in [0.25, 0.3) is 6.08 Å². The number of esters is 1. The zero-order valence-corrected chi connectivity index (χ0v) is 16.9. The summed E-state index contributed by atoms with van der Waals surface area (Å²) in [6.45, 7) is 2.02. The smallest absolute Gasteiger partial charge is 0.338 e. The van der Waals surface area contributed by atoms with Gasteiger partial charge in [-0.15, -0.1) is 0 Å². The number of carbonyl (C=O) groups is 2. The number of ether oxygens (including phenoxy) is 2. The fourth-order valence-corrected chi connectivity index (χ4v) is 2.95. The van der Waals surface area contributed by atoms with Crippen LogP contribution in [-0.2, 0) is 9.53 Å². The first-order chi connectivity index (χ1) is 13.0.